The predicted octanol–water partition coefficient (Wildman–Crippen LogP) is 15.2. The van der Waals surface area contributed by atoms with E-state index in [4.69, 9.17) is 9.97 Å². The maximum Gasteiger partial charge on any atom is 0.145 e. The molecule has 0 atom stereocenters. The van der Waals surface area contributed by atoms with Crippen LogP contribution in [0.1, 0.15) is 77.6 Å². The van der Waals surface area contributed by atoms with E-state index in [1.807, 2.05) is 6.07 Å². The zero-order valence-corrected chi connectivity index (χ0v) is 40.4. The van der Waals surface area contributed by atoms with Crippen LogP contribution in [-0.4, -0.2) is 18.8 Å². The first kappa shape index (κ1) is 44.0. The van der Waals surface area contributed by atoms with Gasteiger partial charge < -0.3 is 4.40 Å². The Morgan fingerprint density at radius 3 is 1.27 bits per heavy atom. The Hall–Kier alpha value is -5.61. The summed E-state index contributed by atoms with van der Waals surface area (Å²) in [7, 11) is 0. The van der Waals surface area contributed by atoms with Crippen LogP contribution in [0.2, 0.25) is 0 Å². The Morgan fingerprint density at radius 1 is 0.413 bits per heavy atom. The van der Waals surface area contributed by atoms with Gasteiger partial charge in [-0.3, -0.25) is 9.38 Å². The SMILES string of the molecule is CC(C)Cc1cccc(CC(C)C)c1-c1cnc2c3[c-]cccc3c3ccccc3n12.CC(C)Cc1cccc(CC(C)C)c1-c1cnc2c3ccccc3c3ccccc3n12.[Ir]. The van der Waals surface area contributed by atoms with Gasteiger partial charge in [-0.25, -0.2) is 4.98 Å². The van der Waals surface area contributed by atoms with Gasteiger partial charge in [0.05, 0.1) is 28.7 Å². The van der Waals surface area contributed by atoms with E-state index in [1.165, 1.54) is 82.7 Å². The fourth-order valence-corrected chi connectivity index (χ4v) is 9.87. The number of fused-ring (bicyclic) bond motifs is 12. The van der Waals surface area contributed by atoms with Gasteiger partial charge in [0.2, 0.25) is 0 Å². The van der Waals surface area contributed by atoms with Crippen LogP contribution in [0.15, 0.2) is 140 Å². The second-order valence-corrected chi connectivity index (χ2v) is 18.9. The molecule has 4 aromatic heterocycles. The predicted molar refractivity (Wildman–Crippen MR) is 264 cm³/mol. The zero-order chi connectivity index (χ0) is 43.1. The fraction of sp³-hybridized carbons (Fsp3) is 0.276. The van der Waals surface area contributed by atoms with Crippen LogP contribution in [0.4, 0.5) is 0 Å². The van der Waals surface area contributed by atoms with Crippen LogP contribution in [0.25, 0.3) is 77.2 Å². The van der Waals surface area contributed by atoms with E-state index in [0.29, 0.717) is 23.7 Å². The summed E-state index contributed by atoms with van der Waals surface area (Å²) < 4.78 is 4.75. The van der Waals surface area contributed by atoms with Gasteiger partial charge in [-0.15, -0.1) is 29.7 Å². The molecule has 0 aliphatic heterocycles. The Labute approximate surface area is 386 Å². The Bertz CT molecular complexity index is 2950. The minimum Gasteiger partial charge on any atom is -0.333 e. The average Bonchev–Trinajstić information content (AvgIpc) is 3.90. The van der Waals surface area contributed by atoms with Crippen molar-refractivity contribution >= 4 is 54.6 Å². The van der Waals surface area contributed by atoms with Crippen molar-refractivity contribution in [3.05, 3.63) is 168 Å². The number of hydrogen-bond acceptors (Lipinski definition) is 2. The van der Waals surface area contributed by atoms with E-state index >= 15 is 0 Å². The first-order valence-corrected chi connectivity index (χ1v) is 22.8. The summed E-state index contributed by atoms with van der Waals surface area (Å²) in [6, 6.07) is 49.4. The van der Waals surface area contributed by atoms with Crippen LogP contribution >= 0.6 is 0 Å². The van der Waals surface area contributed by atoms with Gasteiger partial charge in [0.1, 0.15) is 5.65 Å². The van der Waals surface area contributed by atoms with Gasteiger partial charge in [-0.1, -0.05) is 158 Å². The van der Waals surface area contributed by atoms with Gasteiger partial charge >= 0.3 is 0 Å². The second-order valence-electron chi connectivity index (χ2n) is 18.9. The van der Waals surface area contributed by atoms with Crippen LogP contribution in [0.5, 0.6) is 0 Å². The Kier molecular flexibility index (Phi) is 13.0. The smallest absolute Gasteiger partial charge is 0.145 e. The van der Waals surface area contributed by atoms with E-state index in [-0.39, 0.29) is 20.1 Å². The van der Waals surface area contributed by atoms with Crippen molar-refractivity contribution in [3.63, 3.8) is 0 Å². The molecular weight excluding hydrogens is 945 g/mol. The fourth-order valence-electron chi connectivity index (χ4n) is 9.87. The molecule has 0 saturated carbocycles. The van der Waals surface area contributed by atoms with Crippen LogP contribution in [0, 0.1) is 29.7 Å². The van der Waals surface area contributed by atoms with Gasteiger partial charge in [-0.05, 0) is 94.5 Å². The maximum absolute atomic E-state index is 4.98. The van der Waals surface area contributed by atoms with Crippen molar-refractivity contribution in [1.82, 2.24) is 18.8 Å². The number of pyridine rings is 2. The standard InChI is InChI=1S/C29H30N2.C29H29N2.Ir/c2*1-19(2)16-21-10-9-11-22(17-20(3)4)28(21)27-18-30-29-25-14-6-5-12-23(25)24-13-7-8-15-26(24)31(27)29;/h5-15,18-20H,16-17H2,1-4H3;5-13,15,18-20H,16-17H2,1-4H3;/q;-1;. The molecule has 0 amide bonds. The third-order valence-corrected chi connectivity index (χ3v) is 12.1. The molecule has 1 radical (unpaired) electrons. The van der Waals surface area contributed by atoms with E-state index in [1.54, 1.807) is 0 Å². The molecule has 0 N–H and O–H groups in total. The van der Waals surface area contributed by atoms with Crippen LogP contribution in [-0.2, 0) is 45.8 Å². The van der Waals surface area contributed by atoms with Gasteiger partial charge in [-0.2, -0.15) is 0 Å². The Morgan fingerprint density at radius 2 is 0.794 bits per heavy atom. The normalized spacial score (nSPS) is 11.9. The van der Waals surface area contributed by atoms with Crippen molar-refractivity contribution in [1.29, 1.82) is 0 Å². The molecular formula is C58H59IrN4-. The summed E-state index contributed by atoms with van der Waals surface area (Å²) in [4.78, 5) is 9.92. The summed E-state index contributed by atoms with van der Waals surface area (Å²) >= 11 is 0. The summed E-state index contributed by atoms with van der Waals surface area (Å²) in [5.41, 5.74) is 15.3. The number of benzene rings is 6. The Balaban J connectivity index is 0.000000170. The number of imidazole rings is 2. The molecule has 4 nitrogen and oxygen atoms in total. The number of hydrogen-bond donors (Lipinski definition) is 0. The minimum atomic E-state index is 0. The molecule has 0 aliphatic carbocycles. The minimum absolute atomic E-state index is 0. The van der Waals surface area contributed by atoms with Crippen LogP contribution < -0.4 is 0 Å². The molecule has 5 heteroatoms. The summed E-state index contributed by atoms with van der Waals surface area (Å²) in [5.74, 6) is 2.39. The van der Waals surface area contributed by atoms with E-state index in [9.17, 15) is 0 Å². The van der Waals surface area contributed by atoms with Crippen molar-refractivity contribution < 1.29 is 20.1 Å². The van der Waals surface area contributed by atoms with Crippen molar-refractivity contribution in [2.45, 2.75) is 81.1 Å². The summed E-state index contributed by atoms with van der Waals surface area (Å²) in [6.45, 7) is 18.4. The van der Waals surface area contributed by atoms with Gasteiger partial charge in [0, 0.05) is 53.7 Å². The van der Waals surface area contributed by atoms with Gasteiger partial charge in [0.15, 0.2) is 0 Å². The second kappa shape index (κ2) is 18.6. The van der Waals surface area contributed by atoms with E-state index in [0.717, 1.165) is 42.4 Å². The van der Waals surface area contributed by atoms with Crippen molar-refractivity contribution in [2.24, 2.45) is 23.7 Å². The molecule has 10 aromatic rings. The zero-order valence-electron chi connectivity index (χ0n) is 38.0. The van der Waals surface area contributed by atoms with E-state index < -0.39 is 0 Å². The van der Waals surface area contributed by atoms with Crippen molar-refractivity contribution in [2.75, 3.05) is 0 Å². The molecule has 0 spiro atoms. The molecule has 0 unspecified atom stereocenters. The first-order chi connectivity index (χ1) is 30.1. The van der Waals surface area contributed by atoms with E-state index in [2.05, 4.69) is 204 Å². The monoisotopic (exact) mass is 1000 g/mol. The number of rotatable bonds is 10. The molecule has 321 valence electrons. The molecule has 6 aromatic carbocycles. The average molecular weight is 1000 g/mol. The van der Waals surface area contributed by atoms with Crippen LogP contribution in [0.3, 0.4) is 0 Å². The number of para-hydroxylation sites is 2. The first-order valence-electron chi connectivity index (χ1n) is 22.8. The summed E-state index contributed by atoms with van der Waals surface area (Å²) in [5, 5.41) is 7.28. The molecule has 0 saturated heterocycles. The molecule has 63 heavy (non-hydrogen) atoms. The van der Waals surface area contributed by atoms with Gasteiger partial charge in [0.25, 0.3) is 0 Å². The van der Waals surface area contributed by atoms with Crippen molar-refractivity contribution in [3.8, 4) is 22.5 Å². The molecule has 0 bridgehead atoms. The number of aromatic nitrogens is 4. The third-order valence-electron chi connectivity index (χ3n) is 12.1. The number of nitrogens with zero attached hydrogens (tertiary/aromatic N) is 4. The quantitative estimate of drug-likeness (QED) is 0.101. The molecule has 4 heterocycles. The molecule has 0 aliphatic rings. The molecule has 0 fully saturated rings. The largest absolute Gasteiger partial charge is 0.333 e. The topological polar surface area (TPSA) is 34.6 Å². The maximum atomic E-state index is 4.98. The summed E-state index contributed by atoms with van der Waals surface area (Å²) in [6.07, 6.45) is 8.43. The molecule has 10 rings (SSSR count). The third kappa shape index (κ3) is 8.46.